The molecule has 0 radical (unpaired) electrons. The second kappa shape index (κ2) is 5.41. The van der Waals surface area contributed by atoms with Crippen molar-refractivity contribution in [3.05, 3.63) is 12.4 Å². The standard InChI is InChI=1S/C11H21N5/c1-10-9-11(3-6-15(10)2)12-4-7-16-8-5-13-14-16/h5,8,10-12H,3-4,6-7,9H2,1-2H3. The van der Waals surface area contributed by atoms with Crippen molar-refractivity contribution in [1.29, 1.82) is 0 Å². The van der Waals surface area contributed by atoms with Crippen LogP contribution in [0.25, 0.3) is 0 Å². The van der Waals surface area contributed by atoms with Crippen LogP contribution in [0.15, 0.2) is 12.4 Å². The molecule has 5 heteroatoms. The minimum Gasteiger partial charge on any atom is -0.312 e. The summed E-state index contributed by atoms with van der Waals surface area (Å²) in [5.74, 6) is 0. The van der Waals surface area contributed by atoms with E-state index in [-0.39, 0.29) is 0 Å². The predicted molar refractivity (Wildman–Crippen MR) is 63.1 cm³/mol. The Labute approximate surface area is 96.8 Å². The highest BCUT2D eigenvalue weighted by molar-refractivity contribution is 4.81. The molecule has 0 amide bonds. The van der Waals surface area contributed by atoms with Crippen LogP contribution in [0.4, 0.5) is 0 Å². The number of hydrogen-bond acceptors (Lipinski definition) is 4. The van der Waals surface area contributed by atoms with Gasteiger partial charge in [-0.15, -0.1) is 5.10 Å². The minimum absolute atomic E-state index is 0.662. The van der Waals surface area contributed by atoms with Crippen molar-refractivity contribution in [2.75, 3.05) is 20.1 Å². The molecule has 2 rings (SSSR count). The van der Waals surface area contributed by atoms with Gasteiger partial charge in [-0.1, -0.05) is 5.21 Å². The van der Waals surface area contributed by atoms with Gasteiger partial charge in [-0.2, -0.15) is 0 Å². The number of aromatic nitrogens is 3. The molecule has 2 unspecified atom stereocenters. The second-order valence-corrected chi connectivity index (χ2v) is 4.67. The summed E-state index contributed by atoms with van der Waals surface area (Å²) >= 11 is 0. The van der Waals surface area contributed by atoms with Gasteiger partial charge in [-0.25, -0.2) is 0 Å². The Morgan fingerprint density at radius 2 is 2.38 bits per heavy atom. The Balaban J connectivity index is 1.67. The van der Waals surface area contributed by atoms with Crippen molar-refractivity contribution in [1.82, 2.24) is 25.2 Å². The van der Waals surface area contributed by atoms with Crippen LogP contribution in [0.3, 0.4) is 0 Å². The molecular weight excluding hydrogens is 202 g/mol. The summed E-state index contributed by atoms with van der Waals surface area (Å²) in [6.07, 6.45) is 6.11. The molecule has 90 valence electrons. The van der Waals surface area contributed by atoms with Gasteiger partial charge in [0.1, 0.15) is 0 Å². The molecule has 0 aromatic carbocycles. The van der Waals surface area contributed by atoms with Crippen molar-refractivity contribution < 1.29 is 0 Å². The van der Waals surface area contributed by atoms with E-state index >= 15 is 0 Å². The van der Waals surface area contributed by atoms with Gasteiger partial charge in [0.15, 0.2) is 0 Å². The molecule has 0 saturated carbocycles. The van der Waals surface area contributed by atoms with E-state index in [0.29, 0.717) is 12.1 Å². The Hall–Kier alpha value is -0.940. The van der Waals surface area contributed by atoms with E-state index in [9.17, 15) is 0 Å². The van der Waals surface area contributed by atoms with Gasteiger partial charge >= 0.3 is 0 Å². The largest absolute Gasteiger partial charge is 0.312 e. The smallest absolute Gasteiger partial charge is 0.0692 e. The topological polar surface area (TPSA) is 46.0 Å². The Kier molecular flexibility index (Phi) is 3.90. The predicted octanol–water partition coefficient (Wildman–Crippen LogP) is 0.350. The molecule has 0 spiro atoms. The van der Waals surface area contributed by atoms with Crippen LogP contribution in [0, 0.1) is 0 Å². The zero-order chi connectivity index (χ0) is 11.4. The Morgan fingerprint density at radius 1 is 1.50 bits per heavy atom. The number of likely N-dealkylation sites (tertiary alicyclic amines) is 1. The number of piperidine rings is 1. The molecule has 1 N–H and O–H groups in total. The molecule has 2 atom stereocenters. The van der Waals surface area contributed by atoms with E-state index in [2.05, 4.69) is 34.5 Å². The van der Waals surface area contributed by atoms with Crippen molar-refractivity contribution in [2.45, 2.75) is 38.4 Å². The summed E-state index contributed by atoms with van der Waals surface area (Å²) in [6.45, 7) is 5.37. The first-order valence-corrected chi connectivity index (χ1v) is 6.03. The van der Waals surface area contributed by atoms with Crippen LogP contribution in [0.2, 0.25) is 0 Å². The fraction of sp³-hybridized carbons (Fsp3) is 0.818. The van der Waals surface area contributed by atoms with Gasteiger partial charge in [0.05, 0.1) is 12.7 Å². The first-order chi connectivity index (χ1) is 7.75. The first-order valence-electron chi connectivity index (χ1n) is 6.03. The average Bonchev–Trinajstić information content (AvgIpc) is 2.76. The third-order valence-corrected chi connectivity index (χ3v) is 3.45. The van der Waals surface area contributed by atoms with Gasteiger partial charge in [-0.3, -0.25) is 4.68 Å². The van der Waals surface area contributed by atoms with Crippen LogP contribution in [0.5, 0.6) is 0 Å². The van der Waals surface area contributed by atoms with Gasteiger partial charge in [0.2, 0.25) is 0 Å². The summed E-state index contributed by atoms with van der Waals surface area (Å²) in [6, 6.07) is 1.35. The Morgan fingerprint density at radius 3 is 3.06 bits per heavy atom. The second-order valence-electron chi connectivity index (χ2n) is 4.67. The molecule has 1 saturated heterocycles. The normalized spacial score (nSPS) is 27.1. The monoisotopic (exact) mass is 223 g/mol. The molecular formula is C11H21N5. The van der Waals surface area contributed by atoms with E-state index < -0.39 is 0 Å². The lowest BCUT2D eigenvalue weighted by Crippen LogP contribution is -2.46. The highest BCUT2D eigenvalue weighted by atomic mass is 15.4. The highest BCUT2D eigenvalue weighted by Crippen LogP contribution is 2.14. The lowest BCUT2D eigenvalue weighted by Gasteiger charge is -2.35. The molecule has 1 fully saturated rings. The Bertz CT molecular complexity index is 297. The molecule has 1 aliphatic rings. The zero-order valence-electron chi connectivity index (χ0n) is 10.1. The third kappa shape index (κ3) is 3.02. The SMILES string of the molecule is CC1CC(NCCn2ccnn2)CCN1C. The molecule has 0 aliphatic carbocycles. The minimum atomic E-state index is 0.662. The maximum absolute atomic E-state index is 3.94. The summed E-state index contributed by atoms with van der Waals surface area (Å²) in [5.41, 5.74) is 0. The molecule has 0 bridgehead atoms. The maximum atomic E-state index is 3.94. The molecule has 16 heavy (non-hydrogen) atoms. The molecule has 1 aliphatic heterocycles. The van der Waals surface area contributed by atoms with E-state index in [0.717, 1.165) is 13.1 Å². The van der Waals surface area contributed by atoms with Gasteiger partial charge in [0.25, 0.3) is 0 Å². The van der Waals surface area contributed by atoms with Crippen molar-refractivity contribution in [3.63, 3.8) is 0 Å². The highest BCUT2D eigenvalue weighted by Gasteiger charge is 2.21. The van der Waals surface area contributed by atoms with Gasteiger partial charge < -0.3 is 10.2 Å². The third-order valence-electron chi connectivity index (χ3n) is 3.45. The van der Waals surface area contributed by atoms with E-state index in [1.165, 1.54) is 19.4 Å². The van der Waals surface area contributed by atoms with Crippen molar-refractivity contribution in [3.8, 4) is 0 Å². The van der Waals surface area contributed by atoms with Crippen LogP contribution in [0.1, 0.15) is 19.8 Å². The summed E-state index contributed by atoms with van der Waals surface area (Å²) < 4.78 is 1.87. The van der Waals surface area contributed by atoms with E-state index in [1.54, 1.807) is 6.20 Å². The lowest BCUT2D eigenvalue weighted by molar-refractivity contribution is 0.168. The van der Waals surface area contributed by atoms with Gasteiger partial charge in [-0.05, 0) is 33.4 Å². The van der Waals surface area contributed by atoms with Crippen LogP contribution < -0.4 is 5.32 Å². The van der Waals surface area contributed by atoms with Crippen molar-refractivity contribution in [2.24, 2.45) is 0 Å². The first kappa shape index (κ1) is 11.5. The fourth-order valence-corrected chi connectivity index (χ4v) is 2.21. The quantitative estimate of drug-likeness (QED) is 0.800. The maximum Gasteiger partial charge on any atom is 0.0692 e. The van der Waals surface area contributed by atoms with Crippen LogP contribution >= 0.6 is 0 Å². The number of nitrogens with zero attached hydrogens (tertiary/aromatic N) is 4. The lowest BCUT2D eigenvalue weighted by atomic mass is 9.99. The van der Waals surface area contributed by atoms with Crippen LogP contribution in [-0.2, 0) is 6.54 Å². The molecule has 2 heterocycles. The van der Waals surface area contributed by atoms with E-state index in [4.69, 9.17) is 0 Å². The number of rotatable bonds is 4. The molecule has 5 nitrogen and oxygen atoms in total. The molecule has 1 aromatic heterocycles. The number of nitrogens with one attached hydrogen (secondary N) is 1. The van der Waals surface area contributed by atoms with Gasteiger partial charge in [0, 0.05) is 24.8 Å². The van der Waals surface area contributed by atoms with Crippen LogP contribution in [-0.4, -0.2) is 52.1 Å². The summed E-state index contributed by atoms with van der Waals surface area (Å²) in [4.78, 5) is 2.43. The molecule has 1 aromatic rings. The fourth-order valence-electron chi connectivity index (χ4n) is 2.21. The van der Waals surface area contributed by atoms with Crippen molar-refractivity contribution >= 4 is 0 Å². The zero-order valence-corrected chi connectivity index (χ0v) is 10.1. The van der Waals surface area contributed by atoms with E-state index in [1.807, 2.05) is 10.9 Å². The number of hydrogen-bond donors (Lipinski definition) is 1. The summed E-state index contributed by atoms with van der Waals surface area (Å²) in [7, 11) is 2.20. The summed E-state index contributed by atoms with van der Waals surface area (Å²) in [5, 5.41) is 11.3. The average molecular weight is 223 g/mol.